The lowest BCUT2D eigenvalue weighted by Gasteiger charge is -2.43. The number of carbonyl (C=O) groups excluding carboxylic acids is 1. The van der Waals surface area contributed by atoms with Gasteiger partial charge in [0.15, 0.2) is 0 Å². The summed E-state index contributed by atoms with van der Waals surface area (Å²) in [6.45, 7) is 7.67. The fourth-order valence-electron chi connectivity index (χ4n) is 1.87. The van der Waals surface area contributed by atoms with Crippen LogP contribution in [-0.2, 0) is 4.79 Å². The van der Waals surface area contributed by atoms with E-state index in [1.54, 1.807) is 6.92 Å². The van der Waals surface area contributed by atoms with E-state index < -0.39 is 0 Å². The van der Waals surface area contributed by atoms with Crippen molar-refractivity contribution in [2.24, 2.45) is 5.73 Å². The van der Waals surface area contributed by atoms with Crippen molar-refractivity contribution in [1.82, 2.24) is 9.80 Å². The maximum atomic E-state index is 11.7. The molecule has 0 aromatic carbocycles. The largest absolute Gasteiger partial charge is 0.336 e. The second-order valence-corrected chi connectivity index (χ2v) is 4.42. The monoisotopic (exact) mass is 235 g/mol. The molecule has 4 nitrogen and oxygen atoms in total. The van der Waals surface area contributed by atoms with E-state index >= 15 is 0 Å². The normalized spacial score (nSPS) is 29.5. The van der Waals surface area contributed by atoms with E-state index in [1.165, 1.54) is 0 Å². The summed E-state index contributed by atoms with van der Waals surface area (Å²) in [5.41, 5.74) is 5.60. The van der Waals surface area contributed by atoms with Crippen molar-refractivity contribution < 1.29 is 4.79 Å². The number of piperazine rings is 1. The Morgan fingerprint density at radius 1 is 1.33 bits per heavy atom. The Morgan fingerprint density at radius 3 is 2.33 bits per heavy atom. The smallest absolute Gasteiger partial charge is 0.239 e. The zero-order valence-electron chi connectivity index (χ0n) is 9.93. The van der Waals surface area contributed by atoms with Gasteiger partial charge in [-0.25, -0.2) is 0 Å². The molecular formula is C10H22ClN3O. The number of amides is 1. The van der Waals surface area contributed by atoms with E-state index in [1.807, 2.05) is 4.90 Å². The van der Waals surface area contributed by atoms with E-state index in [2.05, 4.69) is 25.8 Å². The number of likely N-dealkylation sites (N-methyl/N-ethyl adjacent to an activating group) is 1. The number of hydrogen-bond donors (Lipinski definition) is 1. The second-order valence-electron chi connectivity index (χ2n) is 4.42. The molecule has 0 bridgehead atoms. The summed E-state index contributed by atoms with van der Waals surface area (Å²) in [4.78, 5) is 15.9. The van der Waals surface area contributed by atoms with Crippen LogP contribution in [-0.4, -0.2) is 54.0 Å². The van der Waals surface area contributed by atoms with Crippen LogP contribution in [0.3, 0.4) is 0 Å². The van der Waals surface area contributed by atoms with Crippen LogP contribution in [0.1, 0.15) is 20.8 Å². The second kappa shape index (κ2) is 5.68. The minimum absolute atomic E-state index is 0. The molecule has 0 aromatic heterocycles. The molecular weight excluding hydrogens is 214 g/mol. The zero-order chi connectivity index (χ0) is 10.9. The number of carbonyl (C=O) groups is 1. The van der Waals surface area contributed by atoms with Crippen LogP contribution in [0.5, 0.6) is 0 Å². The van der Waals surface area contributed by atoms with Crippen LogP contribution in [0.25, 0.3) is 0 Å². The number of rotatable bonds is 1. The Balaban J connectivity index is 0.00000196. The van der Waals surface area contributed by atoms with Crippen LogP contribution < -0.4 is 5.73 Å². The van der Waals surface area contributed by atoms with Gasteiger partial charge in [-0.15, -0.1) is 12.4 Å². The summed E-state index contributed by atoms with van der Waals surface area (Å²) in [5, 5.41) is 0. The van der Waals surface area contributed by atoms with Crippen molar-refractivity contribution in [1.29, 1.82) is 0 Å². The summed E-state index contributed by atoms with van der Waals surface area (Å²) in [7, 11) is 2.09. The van der Waals surface area contributed by atoms with Crippen molar-refractivity contribution >= 4 is 18.3 Å². The van der Waals surface area contributed by atoms with Gasteiger partial charge in [-0.3, -0.25) is 9.69 Å². The molecule has 1 aliphatic heterocycles. The van der Waals surface area contributed by atoms with Crippen molar-refractivity contribution in [3.8, 4) is 0 Å². The van der Waals surface area contributed by atoms with Crippen LogP contribution in [0.4, 0.5) is 0 Å². The SMILES string of the molecule is CC(N)C(=O)N1CC(C)N(C)CC1C.Cl. The predicted molar refractivity (Wildman–Crippen MR) is 64.2 cm³/mol. The summed E-state index contributed by atoms with van der Waals surface area (Å²) in [6.07, 6.45) is 0. The summed E-state index contributed by atoms with van der Waals surface area (Å²) in [5.74, 6) is 0.0671. The Morgan fingerprint density at radius 2 is 1.87 bits per heavy atom. The third-order valence-electron chi connectivity index (χ3n) is 2.97. The lowest BCUT2D eigenvalue weighted by Crippen LogP contribution is -2.59. The van der Waals surface area contributed by atoms with E-state index in [4.69, 9.17) is 5.73 Å². The van der Waals surface area contributed by atoms with E-state index in [0.717, 1.165) is 13.1 Å². The molecule has 0 aliphatic carbocycles. The maximum absolute atomic E-state index is 11.7. The molecule has 1 saturated heterocycles. The summed E-state index contributed by atoms with van der Waals surface area (Å²) < 4.78 is 0. The van der Waals surface area contributed by atoms with Crippen LogP contribution in [0.2, 0.25) is 0 Å². The van der Waals surface area contributed by atoms with E-state index in [-0.39, 0.29) is 30.4 Å². The number of halogens is 1. The molecule has 5 heteroatoms. The minimum atomic E-state index is -0.381. The highest BCUT2D eigenvalue weighted by Gasteiger charge is 2.30. The topological polar surface area (TPSA) is 49.6 Å². The average Bonchev–Trinajstić information content (AvgIpc) is 2.10. The van der Waals surface area contributed by atoms with Gasteiger partial charge in [-0.2, -0.15) is 0 Å². The van der Waals surface area contributed by atoms with Gasteiger partial charge in [-0.05, 0) is 27.8 Å². The standard InChI is InChI=1S/C10H21N3O.ClH/c1-7-6-13(10(14)9(3)11)8(2)5-12(7)4;/h7-9H,5-6,11H2,1-4H3;1H. The molecule has 1 aliphatic rings. The average molecular weight is 236 g/mol. The highest BCUT2D eigenvalue weighted by molar-refractivity contribution is 5.85. The molecule has 0 aromatic rings. The Bertz CT molecular complexity index is 223. The first-order valence-corrected chi connectivity index (χ1v) is 5.19. The molecule has 1 rings (SSSR count). The van der Waals surface area contributed by atoms with E-state index in [9.17, 15) is 4.79 Å². The first kappa shape index (κ1) is 14.7. The van der Waals surface area contributed by atoms with Gasteiger partial charge < -0.3 is 10.6 Å². The molecule has 90 valence electrons. The predicted octanol–water partition coefficient (Wildman–Crippen LogP) is 0.306. The Labute approximate surface area is 98.2 Å². The highest BCUT2D eigenvalue weighted by atomic mass is 35.5. The highest BCUT2D eigenvalue weighted by Crippen LogP contribution is 2.13. The van der Waals surface area contributed by atoms with Gasteiger partial charge in [0.25, 0.3) is 0 Å². The third-order valence-corrected chi connectivity index (χ3v) is 2.97. The number of nitrogens with two attached hydrogens (primary N) is 1. The first-order valence-electron chi connectivity index (χ1n) is 5.19. The van der Waals surface area contributed by atoms with Crippen molar-refractivity contribution in [2.45, 2.75) is 38.9 Å². The van der Waals surface area contributed by atoms with E-state index in [0.29, 0.717) is 6.04 Å². The Kier molecular flexibility index (Phi) is 5.56. The van der Waals surface area contributed by atoms with Crippen LogP contribution in [0.15, 0.2) is 0 Å². The molecule has 1 fully saturated rings. The van der Waals surface area contributed by atoms with Gasteiger partial charge >= 0.3 is 0 Å². The number of hydrogen-bond acceptors (Lipinski definition) is 3. The molecule has 1 amide bonds. The molecule has 3 unspecified atom stereocenters. The molecule has 1 heterocycles. The fraction of sp³-hybridized carbons (Fsp3) is 0.900. The summed E-state index contributed by atoms with van der Waals surface area (Å²) >= 11 is 0. The van der Waals surface area contributed by atoms with Crippen molar-refractivity contribution in [2.75, 3.05) is 20.1 Å². The number of nitrogens with zero attached hydrogens (tertiary/aromatic N) is 2. The summed E-state index contributed by atoms with van der Waals surface area (Å²) in [6, 6.07) is 0.316. The maximum Gasteiger partial charge on any atom is 0.239 e. The van der Waals surface area contributed by atoms with Gasteiger partial charge in [0.2, 0.25) is 5.91 Å². The van der Waals surface area contributed by atoms with Crippen LogP contribution in [0, 0.1) is 0 Å². The molecule has 15 heavy (non-hydrogen) atoms. The molecule has 0 spiro atoms. The van der Waals surface area contributed by atoms with Crippen LogP contribution >= 0.6 is 12.4 Å². The van der Waals surface area contributed by atoms with Gasteiger partial charge in [0.1, 0.15) is 0 Å². The van der Waals surface area contributed by atoms with Gasteiger partial charge in [0.05, 0.1) is 6.04 Å². The molecule has 2 N–H and O–H groups in total. The molecule has 0 radical (unpaired) electrons. The zero-order valence-corrected chi connectivity index (χ0v) is 10.8. The lowest BCUT2D eigenvalue weighted by molar-refractivity contribution is -0.137. The Hall–Kier alpha value is -0.320. The van der Waals surface area contributed by atoms with Crippen molar-refractivity contribution in [3.05, 3.63) is 0 Å². The lowest BCUT2D eigenvalue weighted by atomic mass is 10.1. The van der Waals surface area contributed by atoms with Crippen molar-refractivity contribution in [3.63, 3.8) is 0 Å². The fourth-order valence-corrected chi connectivity index (χ4v) is 1.87. The molecule has 3 atom stereocenters. The third kappa shape index (κ3) is 3.33. The quantitative estimate of drug-likeness (QED) is 0.712. The van der Waals surface area contributed by atoms with Gasteiger partial charge in [-0.1, -0.05) is 0 Å². The van der Waals surface area contributed by atoms with Gasteiger partial charge in [0, 0.05) is 25.2 Å². The molecule has 0 saturated carbocycles. The first-order chi connectivity index (χ1) is 6.43. The minimum Gasteiger partial charge on any atom is -0.336 e.